The van der Waals surface area contributed by atoms with Gasteiger partial charge >= 0.3 is 5.51 Å². The van der Waals surface area contributed by atoms with Gasteiger partial charge in [0.25, 0.3) is 0 Å². The third-order valence-corrected chi connectivity index (χ3v) is 3.06. The molecule has 0 saturated carbocycles. The summed E-state index contributed by atoms with van der Waals surface area (Å²) in [5.41, 5.74) is -3.78. The Morgan fingerprint density at radius 3 is 2.17 bits per heavy atom. The third kappa shape index (κ3) is 5.75. The number of benzene rings is 1. The first kappa shape index (κ1) is 15.3. The van der Waals surface area contributed by atoms with E-state index in [1.807, 2.05) is 13.8 Å². The number of aliphatic hydroxyl groups is 1. The Kier molecular flexibility index (Phi) is 5.07. The zero-order valence-electron chi connectivity index (χ0n) is 10.2. The molecule has 0 atom stereocenters. The van der Waals surface area contributed by atoms with Crippen molar-refractivity contribution in [1.29, 1.82) is 0 Å². The van der Waals surface area contributed by atoms with E-state index in [1.54, 1.807) is 12.1 Å². The smallest absolute Gasteiger partial charge is 0.394 e. The second-order valence-electron chi connectivity index (χ2n) is 4.59. The summed E-state index contributed by atoms with van der Waals surface area (Å²) in [6, 6.07) is 6.19. The predicted octanol–water partition coefficient (Wildman–Crippen LogP) is 3.16. The van der Waals surface area contributed by atoms with Crippen molar-refractivity contribution in [2.45, 2.75) is 36.3 Å². The second-order valence-corrected chi connectivity index (χ2v) is 5.73. The fourth-order valence-corrected chi connectivity index (χ4v) is 1.75. The monoisotopic (exact) mass is 279 g/mol. The zero-order chi connectivity index (χ0) is 13.8. The summed E-state index contributed by atoms with van der Waals surface area (Å²) in [7, 11) is 0. The van der Waals surface area contributed by atoms with Crippen molar-refractivity contribution in [2.75, 3.05) is 6.61 Å². The standard InChI is InChI=1S/C12H16F3NOS/c1-11(2,8-17)16-7-9-3-5-10(6-4-9)18-12(13,14)15/h3-6,16-17H,7-8H2,1-2H3. The van der Waals surface area contributed by atoms with E-state index in [0.29, 0.717) is 6.54 Å². The highest BCUT2D eigenvalue weighted by atomic mass is 32.2. The van der Waals surface area contributed by atoms with Crippen molar-refractivity contribution >= 4 is 11.8 Å². The molecule has 0 radical (unpaired) electrons. The Labute approximate surface area is 109 Å². The van der Waals surface area contributed by atoms with Crippen LogP contribution in [0.15, 0.2) is 29.2 Å². The second kappa shape index (κ2) is 5.95. The molecule has 0 aromatic heterocycles. The number of nitrogens with one attached hydrogen (secondary N) is 1. The lowest BCUT2D eigenvalue weighted by atomic mass is 10.1. The summed E-state index contributed by atoms with van der Waals surface area (Å²) >= 11 is -0.123. The van der Waals surface area contributed by atoms with Gasteiger partial charge in [0, 0.05) is 17.0 Å². The van der Waals surface area contributed by atoms with Gasteiger partial charge in [-0.2, -0.15) is 13.2 Å². The van der Waals surface area contributed by atoms with Gasteiger partial charge in [-0.05, 0) is 43.3 Å². The first-order chi connectivity index (χ1) is 8.22. The number of halogens is 3. The topological polar surface area (TPSA) is 32.3 Å². The number of thioether (sulfide) groups is 1. The first-order valence-corrected chi connectivity index (χ1v) is 6.24. The van der Waals surface area contributed by atoms with E-state index in [-0.39, 0.29) is 23.3 Å². The maximum atomic E-state index is 12.1. The lowest BCUT2D eigenvalue weighted by Crippen LogP contribution is -2.42. The van der Waals surface area contributed by atoms with E-state index < -0.39 is 11.0 Å². The molecule has 2 N–H and O–H groups in total. The predicted molar refractivity (Wildman–Crippen MR) is 66.4 cm³/mol. The SMILES string of the molecule is CC(C)(CO)NCc1ccc(SC(F)(F)F)cc1. The van der Waals surface area contributed by atoms with Crippen LogP contribution in [0.1, 0.15) is 19.4 Å². The van der Waals surface area contributed by atoms with Crippen molar-refractivity contribution in [3.63, 3.8) is 0 Å². The molecule has 1 aromatic carbocycles. The molecular formula is C12H16F3NOS. The van der Waals surface area contributed by atoms with E-state index >= 15 is 0 Å². The number of alkyl halides is 3. The molecular weight excluding hydrogens is 263 g/mol. The summed E-state index contributed by atoms with van der Waals surface area (Å²) in [6.07, 6.45) is 0. The highest BCUT2D eigenvalue weighted by Crippen LogP contribution is 2.36. The van der Waals surface area contributed by atoms with Gasteiger partial charge in [-0.3, -0.25) is 0 Å². The molecule has 0 fully saturated rings. The van der Waals surface area contributed by atoms with Crippen molar-refractivity contribution in [2.24, 2.45) is 0 Å². The molecule has 0 aliphatic heterocycles. The van der Waals surface area contributed by atoms with Crippen LogP contribution in [0.4, 0.5) is 13.2 Å². The fraction of sp³-hybridized carbons (Fsp3) is 0.500. The number of rotatable bonds is 5. The van der Waals surface area contributed by atoms with Crippen LogP contribution < -0.4 is 5.32 Å². The van der Waals surface area contributed by atoms with Crippen molar-refractivity contribution in [1.82, 2.24) is 5.32 Å². The molecule has 2 nitrogen and oxygen atoms in total. The molecule has 0 heterocycles. The van der Waals surface area contributed by atoms with Crippen molar-refractivity contribution in [3.8, 4) is 0 Å². The minimum absolute atomic E-state index is 0.00495. The van der Waals surface area contributed by atoms with Gasteiger partial charge in [-0.1, -0.05) is 12.1 Å². The van der Waals surface area contributed by atoms with Crippen LogP contribution >= 0.6 is 11.8 Å². The quantitative estimate of drug-likeness (QED) is 0.812. The maximum Gasteiger partial charge on any atom is 0.446 e. The Morgan fingerprint density at radius 1 is 1.17 bits per heavy atom. The molecule has 0 saturated heterocycles. The zero-order valence-corrected chi connectivity index (χ0v) is 11.0. The van der Waals surface area contributed by atoms with E-state index in [1.165, 1.54) is 12.1 Å². The van der Waals surface area contributed by atoms with E-state index in [0.717, 1.165) is 5.56 Å². The lowest BCUT2D eigenvalue weighted by molar-refractivity contribution is -0.0328. The Balaban J connectivity index is 2.56. The molecule has 6 heteroatoms. The van der Waals surface area contributed by atoms with Gasteiger partial charge in [0.15, 0.2) is 0 Å². The van der Waals surface area contributed by atoms with Gasteiger partial charge in [0.2, 0.25) is 0 Å². The minimum atomic E-state index is -4.25. The molecule has 0 aliphatic rings. The summed E-state index contributed by atoms with van der Waals surface area (Å²) in [5, 5.41) is 12.2. The van der Waals surface area contributed by atoms with Crippen LogP contribution in [0.3, 0.4) is 0 Å². The van der Waals surface area contributed by atoms with Crippen LogP contribution in [-0.2, 0) is 6.54 Å². The highest BCUT2D eigenvalue weighted by Gasteiger charge is 2.29. The Morgan fingerprint density at radius 2 is 1.72 bits per heavy atom. The minimum Gasteiger partial charge on any atom is -0.394 e. The van der Waals surface area contributed by atoms with Gasteiger partial charge in [-0.25, -0.2) is 0 Å². The van der Waals surface area contributed by atoms with Gasteiger partial charge < -0.3 is 10.4 Å². The molecule has 0 bridgehead atoms. The summed E-state index contributed by atoms with van der Waals surface area (Å²) < 4.78 is 36.3. The Hall–Kier alpha value is -0.720. The van der Waals surface area contributed by atoms with E-state index in [4.69, 9.17) is 5.11 Å². The Bertz CT molecular complexity index is 376. The molecule has 0 amide bonds. The summed E-state index contributed by atoms with van der Waals surface area (Å²) in [5.74, 6) is 0. The van der Waals surface area contributed by atoms with Gasteiger partial charge in [0.05, 0.1) is 6.61 Å². The maximum absolute atomic E-state index is 12.1. The van der Waals surface area contributed by atoms with Crippen LogP contribution in [-0.4, -0.2) is 22.8 Å². The first-order valence-electron chi connectivity index (χ1n) is 5.42. The number of hydrogen-bond donors (Lipinski definition) is 2. The van der Waals surface area contributed by atoms with Crippen molar-refractivity contribution in [3.05, 3.63) is 29.8 Å². The summed E-state index contributed by atoms with van der Waals surface area (Å²) in [4.78, 5) is 0.174. The van der Waals surface area contributed by atoms with Gasteiger partial charge in [0.1, 0.15) is 0 Å². The number of hydrogen-bond acceptors (Lipinski definition) is 3. The fourth-order valence-electron chi connectivity index (χ4n) is 1.21. The molecule has 102 valence electrons. The van der Waals surface area contributed by atoms with E-state index in [2.05, 4.69) is 5.32 Å². The molecule has 0 aliphatic carbocycles. The average molecular weight is 279 g/mol. The number of aliphatic hydroxyl groups excluding tert-OH is 1. The van der Waals surface area contributed by atoms with Crippen LogP contribution in [0.2, 0.25) is 0 Å². The van der Waals surface area contributed by atoms with Gasteiger partial charge in [-0.15, -0.1) is 0 Å². The highest BCUT2D eigenvalue weighted by molar-refractivity contribution is 8.00. The third-order valence-electron chi connectivity index (χ3n) is 2.32. The van der Waals surface area contributed by atoms with Crippen LogP contribution in [0.5, 0.6) is 0 Å². The van der Waals surface area contributed by atoms with Crippen molar-refractivity contribution < 1.29 is 18.3 Å². The molecule has 0 spiro atoms. The summed E-state index contributed by atoms with van der Waals surface area (Å²) in [6.45, 7) is 4.20. The average Bonchev–Trinajstić information content (AvgIpc) is 2.26. The van der Waals surface area contributed by atoms with Crippen LogP contribution in [0, 0.1) is 0 Å². The molecule has 0 unspecified atom stereocenters. The normalized spacial score (nSPS) is 12.8. The largest absolute Gasteiger partial charge is 0.446 e. The van der Waals surface area contributed by atoms with E-state index in [9.17, 15) is 13.2 Å². The lowest BCUT2D eigenvalue weighted by Gasteiger charge is -2.23. The van der Waals surface area contributed by atoms with Crippen LogP contribution in [0.25, 0.3) is 0 Å². The molecule has 1 rings (SSSR count). The molecule has 1 aromatic rings. The molecule has 18 heavy (non-hydrogen) atoms.